The summed E-state index contributed by atoms with van der Waals surface area (Å²) in [6.45, 7) is 5.22. The Labute approximate surface area is 104 Å². The van der Waals surface area contributed by atoms with Crippen molar-refractivity contribution in [3.05, 3.63) is 0 Å². The number of hydrogen-bond acceptors (Lipinski definition) is 6. The molecule has 1 aromatic rings. The number of hydrogen-bond donors (Lipinski definition) is 1. The fraction of sp³-hybridized carbons (Fsp3) is 0.778. The molecule has 1 rings (SSSR count). The Hall–Kier alpha value is -1.31. The molecule has 0 aliphatic heterocycles. The number of carbonyl (C=O) groups excluding carboxylic acids is 1. The first-order valence-electron chi connectivity index (χ1n) is 5.63. The summed E-state index contributed by atoms with van der Waals surface area (Å²) in [7, 11) is 0. The minimum Gasteiger partial charge on any atom is -0.449 e. The highest BCUT2D eigenvalue weighted by Crippen LogP contribution is 2.09. The summed E-state index contributed by atoms with van der Waals surface area (Å²) in [4.78, 5) is 11.3. The van der Waals surface area contributed by atoms with Crippen LogP contribution in [0.3, 0.4) is 0 Å². The van der Waals surface area contributed by atoms with Gasteiger partial charge >= 0.3 is 6.09 Å². The summed E-state index contributed by atoms with van der Waals surface area (Å²) in [5, 5.41) is 11.7. The maximum atomic E-state index is 11.3. The van der Waals surface area contributed by atoms with Crippen molar-refractivity contribution in [1.82, 2.24) is 24.9 Å². The Morgan fingerprint density at radius 3 is 3.00 bits per heavy atom. The van der Waals surface area contributed by atoms with Gasteiger partial charge in [0.25, 0.3) is 0 Å². The molecule has 0 saturated carbocycles. The first-order valence-corrected chi connectivity index (χ1v) is 6.45. The number of aryl methyl sites for hydroxylation is 1. The van der Waals surface area contributed by atoms with Gasteiger partial charge in [0.1, 0.15) is 0 Å². The van der Waals surface area contributed by atoms with Crippen molar-refractivity contribution in [1.29, 1.82) is 0 Å². The summed E-state index contributed by atoms with van der Waals surface area (Å²) in [5.41, 5.74) is 0. The highest BCUT2D eigenvalue weighted by molar-refractivity contribution is 7.97. The minimum atomic E-state index is -0.463. The van der Waals surface area contributed by atoms with Gasteiger partial charge in [-0.3, -0.25) is 4.72 Å². The molecule has 1 heterocycles. The van der Waals surface area contributed by atoms with Gasteiger partial charge < -0.3 is 4.74 Å². The average molecular weight is 259 g/mol. The summed E-state index contributed by atoms with van der Waals surface area (Å²) < 4.78 is 9.10. The van der Waals surface area contributed by atoms with Crippen LogP contribution in [0, 0.1) is 0 Å². The minimum absolute atomic E-state index is 0.433. The lowest BCUT2D eigenvalue weighted by atomic mass is 10.4. The van der Waals surface area contributed by atoms with Crippen LogP contribution in [0.5, 0.6) is 0 Å². The van der Waals surface area contributed by atoms with Gasteiger partial charge in [0.15, 0.2) is 0 Å². The molecule has 1 amide bonds. The van der Waals surface area contributed by atoms with Crippen molar-refractivity contribution < 1.29 is 9.53 Å². The van der Waals surface area contributed by atoms with E-state index in [2.05, 4.69) is 20.2 Å². The topological polar surface area (TPSA) is 81.9 Å². The first-order chi connectivity index (χ1) is 8.27. The molecule has 1 N–H and O–H groups in total. The van der Waals surface area contributed by atoms with E-state index < -0.39 is 6.09 Å². The monoisotopic (exact) mass is 259 g/mol. The Kier molecular flexibility index (Phi) is 6.38. The zero-order valence-corrected chi connectivity index (χ0v) is 10.9. The molecule has 0 unspecified atom stereocenters. The van der Waals surface area contributed by atoms with E-state index in [1.807, 2.05) is 13.8 Å². The van der Waals surface area contributed by atoms with Gasteiger partial charge in [-0.15, -0.1) is 0 Å². The maximum absolute atomic E-state index is 11.3. The van der Waals surface area contributed by atoms with E-state index in [-0.39, 0.29) is 0 Å². The lowest BCUT2D eigenvalue weighted by Gasteiger charge is -2.05. The number of amides is 1. The SMILES string of the molecule is CCCCOC(=O)NSc1nnnn1CCC. The van der Waals surface area contributed by atoms with E-state index in [4.69, 9.17) is 4.74 Å². The van der Waals surface area contributed by atoms with Crippen LogP contribution in [0.2, 0.25) is 0 Å². The highest BCUT2D eigenvalue weighted by Gasteiger charge is 2.08. The normalized spacial score (nSPS) is 10.2. The van der Waals surface area contributed by atoms with Crippen molar-refractivity contribution in [3.63, 3.8) is 0 Å². The van der Waals surface area contributed by atoms with E-state index in [9.17, 15) is 4.79 Å². The lowest BCUT2D eigenvalue weighted by molar-refractivity contribution is 0.151. The molecule has 0 fully saturated rings. The standard InChI is InChI=1S/C9H17N5O2S/c1-3-5-7-16-9(15)11-17-8-10-12-13-14(8)6-4-2/h3-7H2,1-2H3,(H,11,15). The Morgan fingerprint density at radius 1 is 1.47 bits per heavy atom. The molecule has 0 aliphatic rings. The molecule has 0 atom stereocenters. The molecule has 7 nitrogen and oxygen atoms in total. The number of tetrazole rings is 1. The quantitative estimate of drug-likeness (QED) is 0.592. The highest BCUT2D eigenvalue weighted by atomic mass is 32.2. The first kappa shape index (κ1) is 13.8. The number of unbranched alkanes of at least 4 members (excludes halogenated alkanes) is 1. The molecule has 0 saturated heterocycles. The molecule has 0 aromatic carbocycles. The Morgan fingerprint density at radius 2 is 2.29 bits per heavy atom. The van der Waals surface area contributed by atoms with Gasteiger partial charge in [-0.25, -0.2) is 9.48 Å². The van der Waals surface area contributed by atoms with Gasteiger partial charge in [0.05, 0.1) is 6.61 Å². The van der Waals surface area contributed by atoms with E-state index in [0.29, 0.717) is 11.8 Å². The van der Waals surface area contributed by atoms with E-state index in [0.717, 1.165) is 37.8 Å². The summed E-state index contributed by atoms with van der Waals surface area (Å²) >= 11 is 1.06. The predicted octanol–water partition coefficient (Wildman–Crippen LogP) is 1.62. The predicted molar refractivity (Wildman–Crippen MR) is 63.4 cm³/mol. The third-order valence-corrected chi connectivity index (χ3v) is 2.63. The van der Waals surface area contributed by atoms with Gasteiger partial charge in [-0.2, -0.15) is 0 Å². The van der Waals surface area contributed by atoms with Gasteiger partial charge in [-0.1, -0.05) is 25.4 Å². The van der Waals surface area contributed by atoms with Gasteiger partial charge in [0, 0.05) is 18.5 Å². The lowest BCUT2D eigenvalue weighted by Crippen LogP contribution is -2.18. The third kappa shape index (κ3) is 5.03. The summed E-state index contributed by atoms with van der Waals surface area (Å²) in [6, 6.07) is 0. The fourth-order valence-electron chi connectivity index (χ4n) is 1.05. The molecule has 0 spiro atoms. The number of aromatic nitrogens is 4. The van der Waals surface area contributed by atoms with Crippen molar-refractivity contribution in [2.75, 3.05) is 6.61 Å². The molecule has 8 heteroatoms. The third-order valence-electron chi connectivity index (χ3n) is 1.89. The average Bonchev–Trinajstić information content (AvgIpc) is 2.75. The molecule has 0 bridgehead atoms. The van der Waals surface area contributed by atoms with Crippen LogP contribution in [0.25, 0.3) is 0 Å². The second-order valence-corrected chi connectivity index (χ2v) is 4.15. The number of nitrogens with zero attached hydrogens (tertiary/aromatic N) is 4. The molecular formula is C9H17N5O2S. The molecular weight excluding hydrogens is 242 g/mol. The molecule has 1 aromatic heterocycles. The van der Waals surface area contributed by atoms with Crippen LogP contribution in [-0.4, -0.2) is 32.9 Å². The zero-order chi connectivity index (χ0) is 12.5. The van der Waals surface area contributed by atoms with Crippen LogP contribution < -0.4 is 4.72 Å². The largest absolute Gasteiger partial charge is 0.449 e. The smallest absolute Gasteiger partial charge is 0.417 e. The second kappa shape index (κ2) is 7.88. The fourth-order valence-corrected chi connectivity index (χ4v) is 1.59. The van der Waals surface area contributed by atoms with Gasteiger partial charge in [-0.05, 0) is 23.3 Å². The molecule has 17 heavy (non-hydrogen) atoms. The Bertz CT molecular complexity index is 344. The summed E-state index contributed by atoms with van der Waals surface area (Å²) in [5.74, 6) is 0. The van der Waals surface area contributed by atoms with Crippen molar-refractivity contribution in [2.24, 2.45) is 0 Å². The van der Waals surface area contributed by atoms with Crippen LogP contribution in [0.1, 0.15) is 33.1 Å². The van der Waals surface area contributed by atoms with E-state index >= 15 is 0 Å². The zero-order valence-electron chi connectivity index (χ0n) is 10.0. The van der Waals surface area contributed by atoms with Crippen LogP contribution in [0.15, 0.2) is 5.16 Å². The second-order valence-electron chi connectivity index (χ2n) is 3.38. The molecule has 0 aliphatic carbocycles. The van der Waals surface area contributed by atoms with Crippen LogP contribution >= 0.6 is 11.9 Å². The number of carbonyl (C=O) groups is 1. The van der Waals surface area contributed by atoms with Crippen molar-refractivity contribution >= 4 is 18.0 Å². The van der Waals surface area contributed by atoms with Crippen molar-refractivity contribution in [2.45, 2.75) is 44.8 Å². The maximum Gasteiger partial charge on any atom is 0.417 e. The summed E-state index contributed by atoms with van der Waals surface area (Å²) in [6.07, 6.45) is 2.33. The molecule has 96 valence electrons. The van der Waals surface area contributed by atoms with Crippen LogP contribution in [-0.2, 0) is 11.3 Å². The van der Waals surface area contributed by atoms with E-state index in [1.165, 1.54) is 0 Å². The van der Waals surface area contributed by atoms with Gasteiger partial charge in [0.2, 0.25) is 5.16 Å². The van der Waals surface area contributed by atoms with Crippen molar-refractivity contribution in [3.8, 4) is 0 Å². The number of ether oxygens (including phenoxy) is 1. The van der Waals surface area contributed by atoms with Crippen LogP contribution in [0.4, 0.5) is 4.79 Å². The van der Waals surface area contributed by atoms with E-state index in [1.54, 1.807) is 4.68 Å². The number of rotatable bonds is 7. The number of nitrogens with one attached hydrogen (secondary N) is 1. The molecule has 0 radical (unpaired) electrons. The Balaban J connectivity index is 2.29.